The predicted molar refractivity (Wildman–Crippen MR) is 88.4 cm³/mol. The standard InChI is InChI=1S/C15H28N4O3/c16-4-1-7-20-13-10-12(19)11-14(21-8-2-5-17)15(13)22-9-3-6-18/h10-11H,1-9,16-19H2. The molecule has 1 rings (SSSR count). The summed E-state index contributed by atoms with van der Waals surface area (Å²) in [6.45, 7) is 3.16. The maximum atomic E-state index is 5.91. The number of benzene rings is 1. The van der Waals surface area contributed by atoms with Crippen LogP contribution < -0.4 is 37.1 Å². The fourth-order valence-electron chi connectivity index (χ4n) is 1.74. The van der Waals surface area contributed by atoms with Gasteiger partial charge in [0, 0.05) is 17.8 Å². The highest BCUT2D eigenvalue weighted by Gasteiger charge is 2.15. The highest BCUT2D eigenvalue weighted by Crippen LogP contribution is 2.40. The lowest BCUT2D eigenvalue weighted by Crippen LogP contribution is -2.11. The van der Waals surface area contributed by atoms with E-state index in [-0.39, 0.29) is 0 Å². The number of nitrogen functional groups attached to an aromatic ring is 1. The van der Waals surface area contributed by atoms with E-state index >= 15 is 0 Å². The highest BCUT2D eigenvalue weighted by atomic mass is 16.5. The normalized spacial score (nSPS) is 10.5. The van der Waals surface area contributed by atoms with Crippen LogP contribution in [0.4, 0.5) is 5.69 Å². The Hall–Kier alpha value is -1.70. The van der Waals surface area contributed by atoms with Gasteiger partial charge in [0.2, 0.25) is 5.75 Å². The van der Waals surface area contributed by atoms with Crippen molar-refractivity contribution < 1.29 is 14.2 Å². The molecule has 126 valence electrons. The van der Waals surface area contributed by atoms with Gasteiger partial charge in [0.15, 0.2) is 11.5 Å². The van der Waals surface area contributed by atoms with Gasteiger partial charge < -0.3 is 37.1 Å². The third-order valence-corrected chi connectivity index (χ3v) is 2.85. The van der Waals surface area contributed by atoms with Gasteiger partial charge in [-0.1, -0.05) is 0 Å². The molecule has 22 heavy (non-hydrogen) atoms. The van der Waals surface area contributed by atoms with E-state index in [0.29, 0.717) is 62.4 Å². The van der Waals surface area contributed by atoms with Crippen LogP contribution in [0.5, 0.6) is 17.2 Å². The second-order valence-electron chi connectivity index (χ2n) is 4.82. The Balaban J connectivity index is 2.88. The number of rotatable bonds is 12. The summed E-state index contributed by atoms with van der Waals surface area (Å²) in [7, 11) is 0. The highest BCUT2D eigenvalue weighted by molar-refractivity contribution is 5.60. The molecule has 0 aromatic heterocycles. The summed E-state index contributed by atoms with van der Waals surface area (Å²) < 4.78 is 17.2. The second kappa shape index (κ2) is 10.9. The Bertz CT molecular complexity index is 398. The van der Waals surface area contributed by atoms with Gasteiger partial charge in [0.1, 0.15) is 0 Å². The molecule has 1 aromatic carbocycles. The van der Waals surface area contributed by atoms with E-state index < -0.39 is 0 Å². The lowest BCUT2D eigenvalue weighted by Gasteiger charge is -2.17. The monoisotopic (exact) mass is 312 g/mol. The quantitative estimate of drug-likeness (QED) is 0.325. The molecule has 1 aromatic rings. The zero-order valence-electron chi connectivity index (χ0n) is 13.1. The third-order valence-electron chi connectivity index (χ3n) is 2.85. The van der Waals surface area contributed by atoms with E-state index in [1.807, 2.05) is 0 Å². The molecular weight excluding hydrogens is 284 g/mol. The third kappa shape index (κ3) is 6.38. The minimum atomic E-state index is 0.487. The zero-order chi connectivity index (χ0) is 16.2. The minimum absolute atomic E-state index is 0.487. The van der Waals surface area contributed by atoms with Gasteiger partial charge in [0.25, 0.3) is 0 Å². The molecule has 0 aliphatic heterocycles. The molecule has 0 saturated heterocycles. The molecule has 7 heteroatoms. The molecule has 0 atom stereocenters. The van der Waals surface area contributed by atoms with Crippen molar-refractivity contribution >= 4 is 5.69 Å². The predicted octanol–water partition coefficient (Wildman–Crippen LogP) is 0.452. The summed E-state index contributed by atoms with van der Waals surface area (Å²) in [4.78, 5) is 0. The Morgan fingerprint density at radius 3 is 1.50 bits per heavy atom. The first-order valence-electron chi connectivity index (χ1n) is 7.65. The fourth-order valence-corrected chi connectivity index (χ4v) is 1.74. The first-order chi connectivity index (χ1) is 10.7. The van der Waals surface area contributed by atoms with Crippen LogP contribution >= 0.6 is 0 Å². The first kappa shape index (κ1) is 18.3. The van der Waals surface area contributed by atoms with Crippen molar-refractivity contribution in [3.05, 3.63) is 12.1 Å². The maximum Gasteiger partial charge on any atom is 0.203 e. The number of ether oxygens (including phenoxy) is 3. The molecule has 0 amide bonds. The van der Waals surface area contributed by atoms with Crippen molar-refractivity contribution in [3.63, 3.8) is 0 Å². The first-order valence-corrected chi connectivity index (χ1v) is 7.65. The lowest BCUT2D eigenvalue weighted by atomic mass is 10.2. The van der Waals surface area contributed by atoms with Crippen LogP contribution in [0, 0.1) is 0 Å². The Kier molecular flexibility index (Phi) is 9.13. The van der Waals surface area contributed by atoms with E-state index in [0.717, 1.165) is 19.3 Å². The number of nitrogens with two attached hydrogens (primary N) is 4. The number of anilines is 1. The van der Waals surface area contributed by atoms with Crippen LogP contribution in [-0.2, 0) is 0 Å². The molecule has 0 aliphatic rings. The van der Waals surface area contributed by atoms with Crippen LogP contribution in [0.3, 0.4) is 0 Å². The van der Waals surface area contributed by atoms with Gasteiger partial charge in [-0.15, -0.1) is 0 Å². The fraction of sp³-hybridized carbons (Fsp3) is 0.600. The molecule has 0 saturated carbocycles. The van der Waals surface area contributed by atoms with Crippen LogP contribution in [0.25, 0.3) is 0 Å². The Labute approximate surface area is 131 Å². The van der Waals surface area contributed by atoms with Gasteiger partial charge in [-0.3, -0.25) is 0 Å². The van der Waals surface area contributed by atoms with Crippen molar-refractivity contribution in [3.8, 4) is 17.2 Å². The molecule has 0 radical (unpaired) electrons. The van der Waals surface area contributed by atoms with Crippen LogP contribution in [-0.4, -0.2) is 39.5 Å². The van der Waals surface area contributed by atoms with E-state index in [9.17, 15) is 0 Å². The zero-order valence-corrected chi connectivity index (χ0v) is 13.1. The maximum absolute atomic E-state index is 5.91. The van der Waals surface area contributed by atoms with Crippen molar-refractivity contribution in [1.29, 1.82) is 0 Å². The molecule has 0 spiro atoms. The van der Waals surface area contributed by atoms with Gasteiger partial charge in [-0.05, 0) is 38.9 Å². The van der Waals surface area contributed by atoms with Crippen molar-refractivity contribution in [2.45, 2.75) is 19.3 Å². The molecule has 0 bridgehead atoms. The van der Waals surface area contributed by atoms with E-state index in [2.05, 4.69) is 0 Å². The SMILES string of the molecule is NCCCOc1cc(N)cc(OCCCN)c1OCCCN. The average Bonchev–Trinajstić information content (AvgIpc) is 2.50. The molecule has 0 unspecified atom stereocenters. The van der Waals surface area contributed by atoms with Crippen molar-refractivity contribution in [2.75, 3.05) is 45.2 Å². The molecule has 8 N–H and O–H groups in total. The smallest absolute Gasteiger partial charge is 0.203 e. The van der Waals surface area contributed by atoms with Crippen molar-refractivity contribution in [2.24, 2.45) is 17.2 Å². The summed E-state index contributed by atoms with van der Waals surface area (Å²) in [5.74, 6) is 1.68. The molecular formula is C15H28N4O3. The molecule has 0 fully saturated rings. The Morgan fingerprint density at radius 2 is 1.09 bits per heavy atom. The molecule has 7 nitrogen and oxygen atoms in total. The van der Waals surface area contributed by atoms with E-state index in [4.69, 9.17) is 37.1 Å². The summed E-state index contributed by atoms with van der Waals surface area (Å²) >= 11 is 0. The van der Waals surface area contributed by atoms with Gasteiger partial charge in [-0.2, -0.15) is 0 Å². The topological polar surface area (TPSA) is 132 Å². The summed E-state index contributed by atoms with van der Waals surface area (Å²) in [5.41, 5.74) is 22.9. The number of hydrogen-bond donors (Lipinski definition) is 4. The second-order valence-corrected chi connectivity index (χ2v) is 4.82. The number of hydrogen-bond acceptors (Lipinski definition) is 7. The van der Waals surface area contributed by atoms with Gasteiger partial charge in [-0.25, -0.2) is 0 Å². The average molecular weight is 312 g/mol. The van der Waals surface area contributed by atoms with Crippen LogP contribution in [0.1, 0.15) is 19.3 Å². The van der Waals surface area contributed by atoms with Crippen LogP contribution in [0.2, 0.25) is 0 Å². The largest absolute Gasteiger partial charge is 0.489 e. The summed E-state index contributed by atoms with van der Waals surface area (Å²) in [6, 6.07) is 3.45. The van der Waals surface area contributed by atoms with Crippen molar-refractivity contribution in [1.82, 2.24) is 0 Å². The van der Waals surface area contributed by atoms with E-state index in [1.54, 1.807) is 12.1 Å². The Morgan fingerprint density at radius 1 is 0.682 bits per heavy atom. The molecule has 0 aliphatic carbocycles. The molecule has 0 heterocycles. The summed E-state index contributed by atoms with van der Waals surface area (Å²) in [6.07, 6.45) is 2.25. The lowest BCUT2D eigenvalue weighted by molar-refractivity contribution is 0.240. The minimum Gasteiger partial charge on any atom is -0.489 e. The van der Waals surface area contributed by atoms with Gasteiger partial charge in [0.05, 0.1) is 19.8 Å². The van der Waals surface area contributed by atoms with Gasteiger partial charge >= 0.3 is 0 Å². The van der Waals surface area contributed by atoms with E-state index in [1.165, 1.54) is 0 Å². The summed E-state index contributed by atoms with van der Waals surface area (Å²) in [5, 5.41) is 0. The van der Waals surface area contributed by atoms with Crippen LogP contribution in [0.15, 0.2) is 12.1 Å².